The topological polar surface area (TPSA) is 86.5 Å². The van der Waals surface area contributed by atoms with E-state index in [-0.39, 0.29) is 24.1 Å². The van der Waals surface area contributed by atoms with Crippen LogP contribution in [-0.4, -0.2) is 18.0 Å². The second-order valence-corrected chi connectivity index (χ2v) is 6.91. The molecule has 8 heteroatoms. The first kappa shape index (κ1) is 20.8. The Hall–Kier alpha value is -2.96. The highest BCUT2D eigenvalue weighted by Gasteiger charge is 2.13. The smallest absolute Gasteiger partial charge is 0.253 e. The average molecular weight is 432 g/mol. The van der Waals surface area contributed by atoms with Crippen molar-refractivity contribution in [1.82, 2.24) is 10.3 Å². The molecule has 3 N–H and O–H groups in total. The number of carbonyl (C=O) groups is 1. The number of nitrogens with zero attached hydrogens (tertiary/aromatic N) is 1. The zero-order valence-electron chi connectivity index (χ0n) is 15.6. The van der Waals surface area contributed by atoms with E-state index in [1.54, 1.807) is 25.3 Å². The molecule has 0 bridgehead atoms. The number of para-hydroxylation sites is 1. The molecule has 150 valence electrons. The minimum atomic E-state index is -0.316. The lowest BCUT2D eigenvalue weighted by Crippen LogP contribution is -2.23. The molecule has 3 aromatic rings. The number of carbonyl (C=O) groups excluding carboxylic acids is 1. The SMILES string of the molecule is COc1ccccc1CNC(=O)c1cnc(N)c(OCc2c(Cl)cccc2Cl)c1. The molecule has 0 aliphatic rings. The van der Waals surface area contributed by atoms with Crippen LogP contribution in [0.3, 0.4) is 0 Å². The number of pyridine rings is 1. The van der Waals surface area contributed by atoms with E-state index in [4.69, 9.17) is 38.4 Å². The van der Waals surface area contributed by atoms with Gasteiger partial charge in [0.05, 0.1) is 12.7 Å². The molecule has 2 aromatic carbocycles. The molecule has 0 aliphatic carbocycles. The summed E-state index contributed by atoms with van der Waals surface area (Å²) in [6, 6.07) is 14.2. The number of aromatic nitrogens is 1. The molecule has 1 heterocycles. The predicted molar refractivity (Wildman–Crippen MR) is 114 cm³/mol. The Morgan fingerprint density at radius 1 is 1.10 bits per heavy atom. The quantitative estimate of drug-likeness (QED) is 0.575. The molecule has 1 aromatic heterocycles. The number of anilines is 1. The van der Waals surface area contributed by atoms with E-state index in [2.05, 4.69) is 10.3 Å². The van der Waals surface area contributed by atoms with Crippen LogP contribution in [0.5, 0.6) is 11.5 Å². The van der Waals surface area contributed by atoms with Crippen LogP contribution in [0.15, 0.2) is 54.7 Å². The summed E-state index contributed by atoms with van der Waals surface area (Å²) in [4.78, 5) is 16.6. The number of hydrogen-bond acceptors (Lipinski definition) is 5. The van der Waals surface area contributed by atoms with E-state index in [9.17, 15) is 4.79 Å². The Labute approximate surface area is 178 Å². The molecule has 0 radical (unpaired) electrons. The van der Waals surface area contributed by atoms with Crippen LogP contribution in [0.25, 0.3) is 0 Å². The molecule has 1 amide bonds. The van der Waals surface area contributed by atoms with Gasteiger partial charge in [-0.05, 0) is 24.3 Å². The lowest BCUT2D eigenvalue weighted by molar-refractivity contribution is 0.0950. The average Bonchev–Trinajstić information content (AvgIpc) is 2.73. The number of benzene rings is 2. The molecule has 0 atom stereocenters. The highest BCUT2D eigenvalue weighted by Crippen LogP contribution is 2.27. The van der Waals surface area contributed by atoms with E-state index in [1.165, 1.54) is 12.3 Å². The highest BCUT2D eigenvalue weighted by molar-refractivity contribution is 6.35. The maximum atomic E-state index is 12.5. The minimum absolute atomic E-state index is 0.0939. The van der Waals surface area contributed by atoms with Gasteiger partial charge in [-0.1, -0.05) is 47.5 Å². The molecule has 6 nitrogen and oxygen atoms in total. The van der Waals surface area contributed by atoms with Crippen LogP contribution in [0.2, 0.25) is 10.0 Å². The highest BCUT2D eigenvalue weighted by atomic mass is 35.5. The van der Waals surface area contributed by atoms with Gasteiger partial charge in [0, 0.05) is 33.9 Å². The van der Waals surface area contributed by atoms with E-state index < -0.39 is 0 Å². The monoisotopic (exact) mass is 431 g/mol. The third kappa shape index (κ3) is 5.10. The Balaban J connectivity index is 1.70. The Morgan fingerprint density at radius 3 is 2.55 bits per heavy atom. The van der Waals surface area contributed by atoms with Crippen molar-refractivity contribution in [1.29, 1.82) is 0 Å². The third-order valence-corrected chi connectivity index (χ3v) is 4.92. The first-order valence-corrected chi connectivity index (χ1v) is 9.46. The Bertz CT molecular complexity index is 1010. The van der Waals surface area contributed by atoms with Crippen molar-refractivity contribution in [3.63, 3.8) is 0 Å². The van der Waals surface area contributed by atoms with Crippen molar-refractivity contribution in [2.24, 2.45) is 0 Å². The fourth-order valence-corrected chi connectivity index (χ4v) is 3.15. The normalized spacial score (nSPS) is 10.4. The fourth-order valence-electron chi connectivity index (χ4n) is 2.64. The number of hydrogen-bond donors (Lipinski definition) is 2. The lowest BCUT2D eigenvalue weighted by atomic mass is 10.2. The molecule has 29 heavy (non-hydrogen) atoms. The number of methoxy groups -OCH3 is 1. The van der Waals surface area contributed by atoms with Crippen molar-refractivity contribution < 1.29 is 14.3 Å². The molecular weight excluding hydrogens is 413 g/mol. The molecule has 3 rings (SSSR count). The number of ether oxygens (including phenoxy) is 2. The Morgan fingerprint density at radius 2 is 1.83 bits per heavy atom. The lowest BCUT2D eigenvalue weighted by Gasteiger charge is -2.13. The number of rotatable bonds is 7. The van der Waals surface area contributed by atoms with Crippen LogP contribution in [0, 0.1) is 0 Å². The van der Waals surface area contributed by atoms with Crippen molar-refractivity contribution in [2.45, 2.75) is 13.2 Å². The van der Waals surface area contributed by atoms with Crippen LogP contribution in [0.1, 0.15) is 21.5 Å². The van der Waals surface area contributed by atoms with Crippen LogP contribution in [-0.2, 0) is 13.2 Å². The summed E-state index contributed by atoms with van der Waals surface area (Å²) in [5, 5.41) is 3.79. The number of nitrogen functional groups attached to an aromatic ring is 1. The van der Waals surface area contributed by atoms with Gasteiger partial charge in [0.1, 0.15) is 12.4 Å². The zero-order chi connectivity index (χ0) is 20.8. The molecule has 0 unspecified atom stereocenters. The van der Waals surface area contributed by atoms with Gasteiger partial charge >= 0.3 is 0 Å². The molecule has 0 fully saturated rings. The fraction of sp³-hybridized carbons (Fsp3) is 0.143. The van der Waals surface area contributed by atoms with E-state index >= 15 is 0 Å². The molecule has 0 spiro atoms. The van der Waals surface area contributed by atoms with Gasteiger partial charge in [-0.25, -0.2) is 4.98 Å². The van der Waals surface area contributed by atoms with Gasteiger partial charge in [-0.3, -0.25) is 4.79 Å². The summed E-state index contributed by atoms with van der Waals surface area (Å²) in [7, 11) is 1.58. The zero-order valence-corrected chi connectivity index (χ0v) is 17.1. The summed E-state index contributed by atoms with van der Waals surface area (Å²) in [5.41, 5.74) is 7.68. The second kappa shape index (κ2) is 9.49. The van der Waals surface area contributed by atoms with Crippen LogP contribution < -0.4 is 20.5 Å². The van der Waals surface area contributed by atoms with Gasteiger partial charge in [0.2, 0.25) is 0 Å². The number of amides is 1. The second-order valence-electron chi connectivity index (χ2n) is 6.09. The van der Waals surface area contributed by atoms with Crippen molar-refractivity contribution >= 4 is 34.9 Å². The van der Waals surface area contributed by atoms with Crippen molar-refractivity contribution in [3.05, 3.63) is 81.5 Å². The van der Waals surface area contributed by atoms with Gasteiger partial charge in [-0.2, -0.15) is 0 Å². The summed E-state index contributed by atoms with van der Waals surface area (Å²) >= 11 is 12.3. The maximum absolute atomic E-state index is 12.5. The van der Waals surface area contributed by atoms with E-state index in [1.807, 2.05) is 24.3 Å². The first-order chi connectivity index (χ1) is 14.0. The van der Waals surface area contributed by atoms with E-state index in [0.717, 1.165) is 5.56 Å². The Kier molecular flexibility index (Phi) is 6.80. The largest absolute Gasteiger partial charge is 0.496 e. The van der Waals surface area contributed by atoms with Gasteiger partial charge in [-0.15, -0.1) is 0 Å². The number of nitrogens with two attached hydrogens (primary N) is 1. The van der Waals surface area contributed by atoms with Gasteiger partial charge in [0.15, 0.2) is 11.6 Å². The summed E-state index contributed by atoms with van der Waals surface area (Å²) in [5.74, 6) is 0.813. The van der Waals surface area contributed by atoms with Gasteiger partial charge in [0.25, 0.3) is 5.91 Å². The minimum Gasteiger partial charge on any atom is -0.496 e. The molecular formula is C21H19Cl2N3O3. The summed E-state index contributed by atoms with van der Waals surface area (Å²) in [6.07, 6.45) is 1.39. The van der Waals surface area contributed by atoms with Crippen LogP contribution >= 0.6 is 23.2 Å². The summed E-state index contributed by atoms with van der Waals surface area (Å²) in [6.45, 7) is 0.398. The molecule has 0 saturated carbocycles. The third-order valence-electron chi connectivity index (χ3n) is 4.21. The standard InChI is InChI=1S/C21H19Cl2N3O3/c1-28-18-8-3-2-5-13(18)10-26-21(27)14-9-19(20(24)25-11-14)29-12-15-16(22)6-4-7-17(15)23/h2-9,11H,10,12H2,1H3,(H2,24,25)(H,26,27). The first-order valence-electron chi connectivity index (χ1n) is 8.71. The van der Waals surface area contributed by atoms with Crippen molar-refractivity contribution in [3.8, 4) is 11.5 Å². The van der Waals surface area contributed by atoms with E-state index in [0.29, 0.717) is 33.5 Å². The van der Waals surface area contributed by atoms with Crippen LogP contribution in [0.4, 0.5) is 5.82 Å². The maximum Gasteiger partial charge on any atom is 0.253 e. The predicted octanol–water partition coefficient (Wildman–Crippen LogP) is 4.49. The molecule has 0 saturated heterocycles. The molecule has 0 aliphatic heterocycles. The number of nitrogens with one attached hydrogen (secondary N) is 1. The number of halogens is 2. The van der Waals surface area contributed by atoms with Crippen molar-refractivity contribution in [2.75, 3.05) is 12.8 Å². The summed E-state index contributed by atoms with van der Waals surface area (Å²) < 4.78 is 11.0. The van der Waals surface area contributed by atoms with Gasteiger partial charge < -0.3 is 20.5 Å².